The molecule has 0 saturated carbocycles. The quantitative estimate of drug-likeness (QED) is 0.803. The van der Waals surface area contributed by atoms with Crippen LogP contribution in [0.1, 0.15) is 37.7 Å². The second-order valence-electron chi connectivity index (χ2n) is 4.53. The van der Waals surface area contributed by atoms with Crippen LogP contribution in [0.3, 0.4) is 0 Å². The number of hydrogen-bond donors (Lipinski definition) is 2. The Morgan fingerprint density at radius 3 is 2.61 bits per heavy atom. The van der Waals surface area contributed by atoms with Crippen molar-refractivity contribution in [3.63, 3.8) is 0 Å². The van der Waals surface area contributed by atoms with E-state index in [-0.39, 0.29) is 5.69 Å². The lowest BCUT2D eigenvalue weighted by molar-refractivity contribution is 0.0995. The van der Waals surface area contributed by atoms with E-state index in [1.165, 1.54) is 0 Å². The maximum atomic E-state index is 11.2. The van der Waals surface area contributed by atoms with Crippen molar-refractivity contribution >= 4 is 17.4 Å². The molecular formula is C13H22N4O. The molecule has 1 atom stereocenters. The standard InChI is InChI=1S/C13H22N4O/c1-4-9(3)8-17(5-2)13-10(14)6-7-11(16-13)12(15)18/h6-7,9H,4-5,8,14H2,1-3H3,(H2,15,18). The van der Waals surface area contributed by atoms with E-state index < -0.39 is 5.91 Å². The summed E-state index contributed by atoms with van der Waals surface area (Å²) >= 11 is 0. The topological polar surface area (TPSA) is 85.2 Å². The van der Waals surface area contributed by atoms with Gasteiger partial charge in [-0.1, -0.05) is 20.3 Å². The Bertz CT molecular complexity index is 419. The molecule has 0 bridgehead atoms. The first-order valence-electron chi connectivity index (χ1n) is 6.30. The Morgan fingerprint density at radius 2 is 2.11 bits per heavy atom. The summed E-state index contributed by atoms with van der Waals surface area (Å²) in [7, 11) is 0. The minimum absolute atomic E-state index is 0.252. The van der Waals surface area contributed by atoms with E-state index in [9.17, 15) is 4.79 Å². The number of anilines is 2. The van der Waals surface area contributed by atoms with Crippen molar-refractivity contribution in [3.05, 3.63) is 17.8 Å². The first-order chi connectivity index (χ1) is 8.49. The van der Waals surface area contributed by atoms with Crippen LogP contribution in [0.4, 0.5) is 11.5 Å². The molecule has 0 aliphatic carbocycles. The number of rotatable bonds is 6. The number of nitrogens with zero attached hydrogens (tertiary/aromatic N) is 2. The zero-order valence-corrected chi connectivity index (χ0v) is 11.3. The summed E-state index contributed by atoms with van der Waals surface area (Å²) in [6.07, 6.45) is 1.09. The van der Waals surface area contributed by atoms with E-state index in [4.69, 9.17) is 11.5 Å². The molecule has 5 nitrogen and oxygen atoms in total. The summed E-state index contributed by atoms with van der Waals surface area (Å²) < 4.78 is 0. The SMILES string of the molecule is CCC(C)CN(CC)c1nc(C(N)=O)ccc1N. The molecule has 1 unspecified atom stereocenters. The predicted molar refractivity (Wildman–Crippen MR) is 74.5 cm³/mol. The highest BCUT2D eigenvalue weighted by atomic mass is 16.1. The lowest BCUT2D eigenvalue weighted by Gasteiger charge is -2.26. The fraction of sp³-hybridized carbons (Fsp3) is 0.538. The zero-order valence-electron chi connectivity index (χ0n) is 11.3. The van der Waals surface area contributed by atoms with Crippen molar-refractivity contribution < 1.29 is 4.79 Å². The third-order valence-electron chi connectivity index (χ3n) is 3.07. The van der Waals surface area contributed by atoms with Crippen LogP contribution < -0.4 is 16.4 Å². The van der Waals surface area contributed by atoms with Crippen LogP contribution in [-0.2, 0) is 0 Å². The molecule has 0 spiro atoms. The summed E-state index contributed by atoms with van der Waals surface area (Å²) in [4.78, 5) is 17.5. The average Bonchev–Trinajstić information content (AvgIpc) is 2.36. The molecule has 100 valence electrons. The molecule has 1 aromatic heterocycles. The third-order valence-corrected chi connectivity index (χ3v) is 3.07. The van der Waals surface area contributed by atoms with Gasteiger partial charge in [0.25, 0.3) is 5.91 Å². The molecule has 1 heterocycles. The second kappa shape index (κ2) is 6.23. The van der Waals surface area contributed by atoms with E-state index in [2.05, 4.69) is 23.7 Å². The van der Waals surface area contributed by atoms with Crippen LogP contribution in [0.25, 0.3) is 0 Å². The van der Waals surface area contributed by atoms with Crippen LogP contribution in [0.5, 0.6) is 0 Å². The second-order valence-corrected chi connectivity index (χ2v) is 4.53. The van der Waals surface area contributed by atoms with E-state index in [1.807, 2.05) is 6.92 Å². The molecule has 0 aliphatic heterocycles. The molecule has 1 aromatic rings. The van der Waals surface area contributed by atoms with Gasteiger partial charge in [0.05, 0.1) is 5.69 Å². The molecule has 4 N–H and O–H groups in total. The number of nitrogen functional groups attached to an aromatic ring is 1. The van der Waals surface area contributed by atoms with Gasteiger partial charge in [0.15, 0.2) is 5.82 Å². The number of nitrogens with two attached hydrogens (primary N) is 2. The van der Waals surface area contributed by atoms with Crippen molar-refractivity contribution in [2.75, 3.05) is 23.7 Å². The van der Waals surface area contributed by atoms with Gasteiger partial charge in [0, 0.05) is 13.1 Å². The normalized spacial score (nSPS) is 12.2. The van der Waals surface area contributed by atoms with Crippen LogP contribution in [-0.4, -0.2) is 24.0 Å². The number of primary amides is 1. The van der Waals surface area contributed by atoms with Gasteiger partial charge >= 0.3 is 0 Å². The lowest BCUT2D eigenvalue weighted by Crippen LogP contribution is -2.30. The highest BCUT2D eigenvalue weighted by Crippen LogP contribution is 2.22. The molecule has 5 heteroatoms. The van der Waals surface area contributed by atoms with E-state index >= 15 is 0 Å². The number of carbonyl (C=O) groups excluding carboxylic acids is 1. The number of carbonyl (C=O) groups is 1. The lowest BCUT2D eigenvalue weighted by atomic mass is 10.1. The van der Waals surface area contributed by atoms with Crippen molar-refractivity contribution in [2.45, 2.75) is 27.2 Å². The summed E-state index contributed by atoms with van der Waals surface area (Å²) in [5.74, 6) is 0.660. The van der Waals surface area contributed by atoms with Crippen LogP contribution in [0.2, 0.25) is 0 Å². The van der Waals surface area contributed by atoms with E-state index in [1.54, 1.807) is 12.1 Å². The summed E-state index contributed by atoms with van der Waals surface area (Å²) in [5, 5.41) is 0. The number of hydrogen-bond acceptors (Lipinski definition) is 4. The van der Waals surface area contributed by atoms with Gasteiger partial charge < -0.3 is 16.4 Å². The molecule has 0 aliphatic rings. The minimum Gasteiger partial charge on any atom is -0.396 e. The largest absolute Gasteiger partial charge is 0.396 e. The van der Waals surface area contributed by atoms with Crippen molar-refractivity contribution in [1.82, 2.24) is 4.98 Å². The van der Waals surface area contributed by atoms with E-state index in [0.717, 1.165) is 19.5 Å². The van der Waals surface area contributed by atoms with E-state index in [0.29, 0.717) is 17.4 Å². The maximum absolute atomic E-state index is 11.2. The van der Waals surface area contributed by atoms with Crippen LogP contribution >= 0.6 is 0 Å². The average molecular weight is 250 g/mol. The minimum atomic E-state index is -0.532. The highest BCUT2D eigenvalue weighted by molar-refractivity contribution is 5.91. The van der Waals surface area contributed by atoms with Gasteiger partial charge in [-0.15, -0.1) is 0 Å². The zero-order chi connectivity index (χ0) is 13.7. The molecule has 0 fully saturated rings. The number of pyridine rings is 1. The third kappa shape index (κ3) is 3.35. The van der Waals surface area contributed by atoms with Gasteiger partial charge in [0.2, 0.25) is 0 Å². The maximum Gasteiger partial charge on any atom is 0.267 e. The molecule has 0 aromatic carbocycles. The summed E-state index contributed by atoms with van der Waals surface area (Å²) in [5.41, 5.74) is 12.0. The Balaban J connectivity index is 3.04. The van der Waals surface area contributed by atoms with Crippen LogP contribution in [0.15, 0.2) is 12.1 Å². The molecule has 0 saturated heterocycles. The first kappa shape index (κ1) is 14.3. The Morgan fingerprint density at radius 1 is 1.44 bits per heavy atom. The molecule has 1 amide bonds. The Labute approximate surface area is 108 Å². The summed E-state index contributed by atoms with van der Waals surface area (Å²) in [6, 6.07) is 3.24. The molecule has 18 heavy (non-hydrogen) atoms. The highest BCUT2D eigenvalue weighted by Gasteiger charge is 2.14. The summed E-state index contributed by atoms with van der Waals surface area (Å²) in [6.45, 7) is 8.03. The first-order valence-corrected chi connectivity index (χ1v) is 6.30. The Kier molecular flexibility index (Phi) is 4.95. The van der Waals surface area contributed by atoms with Crippen molar-refractivity contribution in [3.8, 4) is 0 Å². The predicted octanol–water partition coefficient (Wildman–Crippen LogP) is 1.64. The number of aromatic nitrogens is 1. The van der Waals surface area contributed by atoms with Gasteiger partial charge in [0.1, 0.15) is 5.69 Å². The fourth-order valence-corrected chi connectivity index (χ4v) is 1.72. The van der Waals surface area contributed by atoms with Gasteiger partial charge in [-0.2, -0.15) is 0 Å². The van der Waals surface area contributed by atoms with Gasteiger partial charge in [-0.25, -0.2) is 4.98 Å². The van der Waals surface area contributed by atoms with Gasteiger partial charge in [-0.05, 0) is 25.0 Å². The molecule has 1 rings (SSSR count). The fourth-order valence-electron chi connectivity index (χ4n) is 1.72. The molecular weight excluding hydrogens is 228 g/mol. The number of amides is 1. The van der Waals surface area contributed by atoms with Crippen molar-refractivity contribution in [2.24, 2.45) is 11.7 Å². The molecule has 0 radical (unpaired) electrons. The monoisotopic (exact) mass is 250 g/mol. The van der Waals surface area contributed by atoms with Crippen LogP contribution in [0, 0.1) is 5.92 Å². The van der Waals surface area contributed by atoms with Crippen molar-refractivity contribution in [1.29, 1.82) is 0 Å². The smallest absolute Gasteiger partial charge is 0.267 e. The Hall–Kier alpha value is -1.78. The van der Waals surface area contributed by atoms with Gasteiger partial charge in [-0.3, -0.25) is 4.79 Å².